The van der Waals surface area contributed by atoms with E-state index >= 15 is 0 Å². The quantitative estimate of drug-likeness (QED) is 0.0211. The number of ether oxygens (including phenoxy) is 4. The summed E-state index contributed by atoms with van der Waals surface area (Å²) < 4.78 is 23.1. The molecule has 0 aliphatic heterocycles. The molecule has 0 aromatic rings. The summed E-state index contributed by atoms with van der Waals surface area (Å²) in [5.74, 6) is -1.98. The molecule has 0 radical (unpaired) electrons. The maximum absolute atomic E-state index is 13.0. The van der Waals surface area contributed by atoms with E-state index in [1.165, 1.54) is 283 Å². The molecule has 0 rings (SSSR count). The maximum Gasteiger partial charge on any atom is 0.361 e. The van der Waals surface area contributed by atoms with Gasteiger partial charge in [-0.05, 0) is 89.9 Å². The minimum absolute atomic E-state index is 0.178. The first-order valence-corrected chi connectivity index (χ1v) is 40.8. The summed E-state index contributed by atoms with van der Waals surface area (Å²) in [5, 5.41) is 9.78. The number of hydrogen-bond acceptors (Lipinski definition) is 7. The average molecular weight is 1330 g/mol. The Balaban J connectivity index is 3.96. The maximum atomic E-state index is 13.0. The van der Waals surface area contributed by atoms with E-state index in [1.807, 2.05) is 21.1 Å². The SMILES string of the molecule is CC/C=C\C/C=C\C/C=C\C/C=C\C/C=C\CCCCCCCCCCCCCCCCCCCCCCCCCCCC(=O)OC(COC(=O)CCCCCCCCCCCCCCCCCCC/C=C\C/C=C\CCCCCCC)COC(OCC[N+](C)(C)C)C(=O)O. The van der Waals surface area contributed by atoms with E-state index in [9.17, 15) is 19.5 Å². The third-order valence-electron chi connectivity index (χ3n) is 18.1. The van der Waals surface area contributed by atoms with Crippen molar-refractivity contribution in [1.29, 1.82) is 0 Å². The minimum atomic E-state index is -1.51. The topological polar surface area (TPSA) is 108 Å². The fourth-order valence-corrected chi connectivity index (χ4v) is 12.0. The van der Waals surface area contributed by atoms with Crippen molar-refractivity contribution in [1.82, 2.24) is 0 Å². The number of hydrogen-bond donors (Lipinski definition) is 1. The molecule has 0 bridgehead atoms. The van der Waals surface area contributed by atoms with Crippen LogP contribution in [0.1, 0.15) is 386 Å². The fraction of sp³-hybridized carbons (Fsp3) is 0.802. The molecule has 9 nitrogen and oxygen atoms in total. The lowest BCUT2D eigenvalue weighted by molar-refractivity contribution is -0.870. The third-order valence-corrected chi connectivity index (χ3v) is 18.1. The molecule has 95 heavy (non-hydrogen) atoms. The van der Waals surface area contributed by atoms with Crippen LogP contribution >= 0.6 is 0 Å². The van der Waals surface area contributed by atoms with Crippen molar-refractivity contribution in [2.45, 2.75) is 399 Å². The number of rotatable bonds is 76. The van der Waals surface area contributed by atoms with Crippen LogP contribution < -0.4 is 0 Å². The number of nitrogens with zero attached hydrogens (tertiary/aromatic N) is 1. The number of carbonyl (C=O) groups is 3. The average Bonchev–Trinajstić information content (AvgIpc) is 3.54. The molecule has 0 aliphatic carbocycles. The highest BCUT2D eigenvalue weighted by molar-refractivity contribution is 5.71. The largest absolute Gasteiger partial charge is 0.477 e. The second-order valence-corrected chi connectivity index (χ2v) is 28.7. The molecule has 0 fully saturated rings. The molecule has 0 aliphatic rings. The summed E-state index contributed by atoms with van der Waals surface area (Å²) in [6, 6.07) is 0. The highest BCUT2D eigenvalue weighted by Crippen LogP contribution is 2.19. The monoisotopic (exact) mass is 1330 g/mol. The lowest BCUT2D eigenvalue weighted by atomic mass is 10.0. The number of esters is 2. The number of quaternary nitrogens is 1. The van der Waals surface area contributed by atoms with Gasteiger partial charge in [0.15, 0.2) is 6.10 Å². The van der Waals surface area contributed by atoms with Gasteiger partial charge in [0.05, 0.1) is 34.4 Å². The predicted octanol–water partition coefficient (Wildman–Crippen LogP) is 26.2. The van der Waals surface area contributed by atoms with Gasteiger partial charge in [-0.1, -0.05) is 369 Å². The molecular formula is C86H156NO8+. The molecule has 0 aromatic heterocycles. The van der Waals surface area contributed by atoms with Gasteiger partial charge in [-0.3, -0.25) is 9.59 Å². The first kappa shape index (κ1) is 91.5. The molecule has 0 spiro atoms. The van der Waals surface area contributed by atoms with Crippen LogP contribution in [-0.4, -0.2) is 87.4 Å². The van der Waals surface area contributed by atoms with Gasteiger partial charge in [0.25, 0.3) is 6.29 Å². The van der Waals surface area contributed by atoms with Crippen molar-refractivity contribution < 1.29 is 42.9 Å². The van der Waals surface area contributed by atoms with Gasteiger partial charge >= 0.3 is 17.9 Å². The Morgan fingerprint density at radius 2 is 0.600 bits per heavy atom. The number of allylic oxidation sites excluding steroid dienone is 14. The summed E-state index contributed by atoms with van der Waals surface area (Å²) in [7, 11) is 6.00. The molecule has 552 valence electrons. The van der Waals surface area contributed by atoms with Gasteiger partial charge in [-0.25, -0.2) is 4.79 Å². The Bertz CT molecular complexity index is 1840. The van der Waals surface area contributed by atoms with E-state index in [1.54, 1.807) is 0 Å². The van der Waals surface area contributed by atoms with Crippen LogP contribution in [0.5, 0.6) is 0 Å². The Kier molecular flexibility index (Phi) is 73.4. The summed E-state index contributed by atoms with van der Waals surface area (Å²) >= 11 is 0. The zero-order chi connectivity index (χ0) is 69.0. The van der Waals surface area contributed by atoms with Crippen molar-refractivity contribution in [3.05, 3.63) is 85.1 Å². The molecular weight excluding hydrogens is 1170 g/mol. The highest BCUT2D eigenvalue weighted by Gasteiger charge is 2.25. The van der Waals surface area contributed by atoms with E-state index in [4.69, 9.17) is 18.9 Å². The van der Waals surface area contributed by atoms with Crippen molar-refractivity contribution in [2.75, 3.05) is 47.5 Å². The van der Waals surface area contributed by atoms with Crippen molar-refractivity contribution >= 4 is 17.9 Å². The van der Waals surface area contributed by atoms with Gasteiger partial charge in [0.1, 0.15) is 13.2 Å². The molecule has 0 amide bonds. The third kappa shape index (κ3) is 77.7. The van der Waals surface area contributed by atoms with E-state index in [2.05, 4.69) is 98.9 Å². The van der Waals surface area contributed by atoms with Crippen molar-refractivity contribution in [3.8, 4) is 0 Å². The molecule has 2 atom stereocenters. The summed E-state index contributed by atoms with van der Waals surface area (Å²) in [6.07, 6.45) is 102. The molecule has 0 saturated carbocycles. The smallest absolute Gasteiger partial charge is 0.361 e. The Labute approximate surface area is 589 Å². The molecule has 0 heterocycles. The summed E-state index contributed by atoms with van der Waals surface area (Å²) in [4.78, 5) is 37.7. The summed E-state index contributed by atoms with van der Waals surface area (Å²) in [6.45, 7) is 4.81. The molecule has 9 heteroatoms. The van der Waals surface area contributed by atoms with Crippen molar-refractivity contribution in [3.63, 3.8) is 0 Å². The highest BCUT2D eigenvalue weighted by atomic mass is 16.7. The number of likely N-dealkylation sites (N-methyl/N-ethyl adjacent to an activating group) is 1. The first-order valence-electron chi connectivity index (χ1n) is 40.8. The molecule has 0 saturated heterocycles. The van der Waals surface area contributed by atoms with Gasteiger partial charge < -0.3 is 28.5 Å². The lowest BCUT2D eigenvalue weighted by Gasteiger charge is -2.25. The van der Waals surface area contributed by atoms with Crippen LogP contribution in [0.3, 0.4) is 0 Å². The Morgan fingerprint density at radius 1 is 0.326 bits per heavy atom. The number of carboxylic acid groups (broad SMARTS) is 1. The first-order chi connectivity index (χ1) is 46.6. The minimum Gasteiger partial charge on any atom is -0.477 e. The number of carbonyl (C=O) groups excluding carboxylic acids is 2. The van der Waals surface area contributed by atoms with Gasteiger partial charge in [-0.15, -0.1) is 0 Å². The Hall–Kier alpha value is -3.53. The Morgan fingerprint density at radius 3 is 0.895 bits per heavy atom. The van der Waals surface area contributed by atoms with E-state index in [-0.39, 0.29) is 38.2 Å². The standard InChI is InChI=1S/C86H155NO8/c1-6-8-10-12-14-16-18-20-22-24-26-28-30-32-34-36-37-38-39-40-41-42-43-44-45-46-47-49-51-53-55-57-59-61-63-65-67-69-71-73-75-77-84(89)95-82(81-94-86(85(90)91)92-79-78-87(3,4)5)80-93-83(88)76-74-72-70-68-66-64-62-60-58-56-54-52-50-48-35-33-31-29-27-25-23-21-19-17-15-13-11-9-7-2/h8,10,14,16,19-22,25-28,32,34,82,86H,6-7,9,11-13,15,17-18,23-24,29-31,33,35-81H2,1-5H3/p+1/b10-8-,16-14-,21-19-,22-20-,27-25-,28-26-,34-32-. The second kappa shape index (κ2) is 76.2. The van der Waals surface area contributed by atoms with Crippen LogP contribution in [0.15, 0.2) is 85.1 Å². The fourth-order valence-electron chi connectivity index (χ4n) is 12.0. The zero-order valence-corrected chi connectivity index (χ0v) is 63.3. The van der Waals surface area contributed by atoms with Crippen LogP contribution in [0.4, 0.5) is 0 Å². The van der Waals surface area contributed by atoms with E-state index < -0.39 is 18.4 Å². The van der Waals surface area contributed by atoms with E-state index in [0.717, 1.165) is 77.0 Å². The van der Waals surface area contributed by atoms with E-state index in [0.29, 0.717) is 17.4 Å². The number of unbranched alkanes of at least 4 members (excludes halogenated alkanes) is 47. The van der Waals surface area contributed by atoms with Crippen LogP contribution in [0.2, 0.25) is 0 Å². The van der Waals surface area contributed by atoms with Crippen molar-refractivity contribution in [2.24, 2.45) is 0 Å². The van der Waals surface area contributed by atoms with Crippen LogP contribution in [0, 0.1) is 0 Å². The second-order valence-electron chi connectivity index (χ2n) is 28.7. The molecule has 2 unspecified atom stereocenters. The van der Waals surface area contributed by atoms with Gasteiger partial charge in [0.2, 0.25) is 0 Å². The predicted molar refractivity (Wildman–Crippen MR) is 410 cm³/mol. The van der Waals surface area contributed by atoms with Gasteiger partial charge in [-0.2, -0.15) is 0 Å². The lowest BCUT2D eigenvalue weighted by Crippen LogP contribution is -2.40. The zero-order valence-electron chi connectivity index (χ0n) is 63.3. The summed E-state index contributed by atoms with van der Waals surface area (Å²) in [5.41, 5.74) is 0. The number of carboxylic acids is 1. The normalized spacial score (nSPS) is 13.1. The number of aliphatic carboxylic acids is 1. The van der Waals surface area contributed by atoms with Gasteiger partial charge in [0, 0.05) is 12.8 Å². The molecule has 1 N–H and O–H groups in total. The van der Waals surface area contributed by atoms with Crippen LogP contribution in [-0.2, 0) is 33.3 Å². The molecule has 0 aromatic carbocycles. The van der Waals surface area contributed by atoms with Crippen LogP contribution in [0.25, 0.3) is 0 Å².